The molecule has 0 aliphatic carbocycles. The molecule has 0 fully saturated rings. The number of aryl methyl sites for hydroxylation is 2. The highest BCUT2D eigenvalue weighted by Crippen LogP contribution is 2.29. The van der Waals surface area contributed by atoms with Crippen LogP contribution in [0.4, 0.5) is 5.69 Å². The number of hydrogen-bond donors (Lipinski definition) is 1. The van der Waals surface area contributed by atoms with Crippen LogP contribution < -0.4 is 10.1 Å². The van der Waals surface area contributed by atoms with Gasteiger partial charge in [-0.3, -0.25) is 14.3 Å². The average Bonchev–Trinajstić information content (AvgIpc) is 3.25. The first-order valence-electron chi connectivity index (χ1n) is 10.1. The first-order valence-corrected chi connectivity index (χ1v) is 11.0. The number of hydrogen-bond acceptors (Lipinski definition) is 6. The second-order valence-corrected chi connectivity index (χ2v) is 8.13. The summed E-state index contributed by atoms with van der Waals surface area (Å²) in [7, 11) is 1.63. The van der Waals surface area contributed by atoms with Crippen LogP contribution in [0, 0.1) is 13.8 Å². The van der Waals surface area contributed by atoms with E-state index in [0.29, 0.717) is 11.0 Å². The van der Waals surface area contributed by atoms with Gasteiger partial charge >= 0.3 is 0 Å². The fraction of sp³-hybridized carbons (Fsp3) is 0.167. The molecule has 8 heteroatoms. The van der Waals surface area contributed by atoms with Gasteiger partial charge in [-0.2, -0.15) is 0 Å². The van der Waals surface area contributed by atoms with Crippen LogP contribution in [-0.2, 0) is 4.79 Å². The van der Waals surface area contributed by atoms with Crippen molar-refractivity contribution in [1.29, 1.82) is 0 Å². The number of carbonyl (C=O) groups excluding carboxylic acids is 1. The van der Waals surface area contributed by atoms with Crippen molar-refractivity contribution in [3.63, 3.8) is 0 Å². The zero-order valence-electron chi connectivity index (χ0n) is 18.1. The number of amides is 1. The number of para-hydroxylation sites is 1. The van der Waals surface area contributed by atoms with Crippen molar-refractivity contribution < 1.29 is 9.53 Å². The maximum atomic E-state index is 12.7. The van der Waals surface area contributed by atoms with Gasteiger partial charge in [0, 0.05) is 29.3 Å². The Hall–Kier alpha value is -3.65. The Bertz CT molecular complexity index is 1200. The van der Waals surface area contributed by atoms with E-state index in [1.807, 2.05) is 73.0 Å². The predicted octanol–water partition coefficient (Wildman–Crippen LogP) is 4.69. The summed E-state index contributed by atoms with van der Waals surface area (Å²) >= 11 is 1.33. The summed E-state index contributed by atoms with van der Waals surface area (Å²) in [5.74, 6) is 1.52. The van der Waals surface area contributed by atoms with Crippen LogP contribution in [0.25, 0.3) is 17.1 Å². The van der Waals surface area contributed by atoms with E-state index in [9.17, 15) is 4.79 Å². The van der Waals surface area contributed by atoms with Gasteiger partial charge in [0.2, 0.25) is 5.91 Å². The molecule has 0 saturated heterocycles. The van der Waals surface area contributed by atoms with E-state index >= 15 is 0 Å². The predicted molar refractivity (Wildman–Crippen MR) is 126 cm³/mol. The number of methoxy groups -OCH3 is 1. The summed E-state index contributed by atoms with van der Waals surface area (Å²) in [5, 5.41) is 12.4. The van der Waals surface area contributed by atoms with E-state index in [2.05, 4.69) is 20.5 Å². The average molecular weight is 446 g/mol. The van der Waals surface area contributed by atoms with Gasteiger partial charge in [-0.1, -0.05) is 30.0 Å². The van der Waals surface area contributed by atoms with Gasteiger partial charge in [-0.15, -0.1) is 10.2 Å². The summed E-state index contributed by atoms with van der Waals surface area (Å²) in [4.78, 5) is 16.9. The lowest BCUT2D eigenvalue weighted by Crippen LogP contribution is -2.16. The van der Waals surface area contributed by atoms with Crippen LogP contribution in [-0.4, -0.2) is 38.5 Å². The molecule has 4 rings (SSSR count). The van der Waals surface area contributed by atoms with Crippen LogP contribution in [0.2, 0.25) is 0 Å². The molecule has 0 aliphatic rings. The number of pyridine rings is 1. The molecule has 7 nitrogen and oxygen atoms in total. The van der Waals surface area contributed by atoms with Crippen molar-refractivity contribution in [1.82, 2.24) is 19.7 Å². The fourth-order valence-corrected chi connectivity index (χ4v) is 4.08. The van der Waals surface area contributed by atoms with E-state index in [1.165, 1.54) is 11.8 Å². The van der Waals surface area contributed by atoms with Crippen molar-refractivity contribution in [3.8, 4) is 22.8 Å². The van der Waals surface area contributed by atoms with Crippen molar-refractivity contribution in [2.24, 2.45) is 0 Å². The summed E-state index contributed by atoms with van der Waals surface area (Å²) in [6.45, 7) is 3.96. The summed E-state index contributed by atoms with van der Waals surface area (Å²) in [6, 6.07) is 17.4. The van der Waals surface area contributed by atoms with Gasteiger partial charge in [0.15, 0.2) is 11.0 Å². The maximum Gasteiger partial charge on any atom is 0.234 e. The number of nitrogens with zero attached hydrogens (tertiary/aromatic N) is 4. The highest BCUT2D eigenvalue weighted by molar-refractivity contribution is 7.99. The lowest BCUT2D eigenvalue weighted by atomic mass is 10.1. The minimum absolute atomic E-state index is 0.0976. The van der Waals surface area contributed by atoms with Crippen molar-refractivity contribution >= 4 is 23.4 Å². The van der Waals surface area contributed by atoms with Crippen LogP contribution in [0.3, 0.4) is 0 Å². The number of thioether (sulfide) groups is 1. The maximum absolute atomic E-state index is 12.7. The molecular weight excluding hydrogens is 422 g/mol. The lowest BCUT2D eigenvalue weighted by molar-refractivity contribution is -0.113. The van der Waals surface area contributed by atoms with Gasteiger partial charge < -0.3 is 10.1 Å². The second-order valence-electron chi connectivity index (χ2n) is 7.18. The Labute approximate surface area is 190 Å². The Kier molecular flexibility index (Phi) is 6.51. The lowest BCUT2D eigenvalue weighted by Gasteiger charge is -2.12. The molecule has 32 heavy (non-hydrogen) atoms. The van der Waals surface area contributed by atoms with E-state index in [4.69, 9.17) is 4.74 Å². The molecule has 0 unspecified atom stereocenters. The van der Waals surface area contributed by atoms with Gasteiger partial charge in [-0.25, -0.2) is 0 Å². The molecule has 1 N–H and O–H groups in total. The minimum atomic E-state index is -0.0976. The van der Waals surface area contributed by atoms with Gasteiger partial charge in [-0.05, 0) is 61.4 Å². The molecule has 0 aliphatic heterocycles. The summed E-state index contributed by atoms with van der Waals surface area (Å²) in [5.41, 5.74) is 4.62. The van der Waals surface area contributed by atoms with Gasteiger partial charge in [0.1, 0.15) is 5.75 Å². The van der Waals surface area contributed by atoms with Crippen molar-refractivity contribution in [2.45, 2.75) is 19.0 Å². The van der Waals surface area contributed by atoms with Crippen molar-refractivity contribution in [3.05, 3.63) is 78.1 Å². The second kappa shape index (κ2) is 9.65. The third kappa shape index (κ3) is 4.65. The number of ether oxygens (including phenoxy) is 1. The molecule has 0 spiro atoms. The van der Waals surface area contributed by atoms with E-state index in [-0.39, 0.29) is 11.7 Å². The smallest absolute Gasteiger partial charge is 0.234 e. The number of rotatable bonds is 7. The van der Waals surface area contributed by atoms with Crippen LogP contribution in [0.15, 0.2) is 72.1 Å². The quantitative estimate of drug-likeness (QED) is 0.416. The van der Waals surface area contributed by atoms with Crippen molar-refractivity contribution in [2.75, 3.05) is 18.2 Å². The molecule has 1 amide bonds. The topological polar surface area (TPSA) is 81.9 Å². The molecule has 4 aromatic rings. The SMILES string of the molecule is COc1ccc(-n2c(SCC(=O)Nc3c(C)cccc3C)nnc2-c2cccnc2)cc1. The number of nitrogens with one attached hydrogen (secondary N) is 1. The zero-order valence-corrected chi connectivity index (χ0v) is 18.9. The van der Waals surface area contributed by atoms with E-state index in [0.717, 1.165) is 33.8 Å². The van der Waals surface area contributed by atoms with Gasteiger partial charge in [0.25, 0.3) is 0 Å². The monoisotopic (exact) mass is 445 g/mol. The Morgan fingerprint density at radius 3 is 2.44 bits per heavy atom. The molecule has 2 aromatic heterocycles. The number of anilines is 1. The largest absolute Gasteiger partial charge is 0.497 e. The standard InChI is InChI=1S/C24H23N5O2S/c1-16-6-4-7-17(2)22(16)26-21(30)15-32-24-28-27-23(18-8-5-13-25-14-18)29(24)19-9-11-20(31-3)12-10-19/h4-14H,15H2,1-3H3,(H,26,30). The molecular formula is C24H23N5O2S. The highest BCUT2D eigenvalue weighted by Gasteiger charge is 2.18. The molecule has 162 valence electrons. The third-order valence-electron chi connectivity index (χ3n) is 4.96. The number of aromatic nitrogens is 4. The Morgan fingerprint density at radius 1 is 1.03 bits per heavy atom. The molecule has 0 bridgehead atoms. The van der Waals surface area contributed by atoms with E-state index < -0.39 is 0 Å². The first-order chi connectivity index (χ1) is 15.6. The first kappa shape index (κ1) is 21.6. The summed E-state index contributed by atoms with van der Waals surface area (Å²) in [6.07, 6.45) is 3.46. The Balaban J connectivity index is 1.61. The molecule has 0 atom stereocenters. The fourth-order valence-electron chi connectivity index (χ4n) is 3.33. The minimum Gasteiger partial charge on any atom is -0.497 e. The molecule has 2 heterocycles. The van der Waals surface area contributed by atoms with Crippen LogP contribution in [0.5, 0.6) is 5.75 Å². The highest BCUT2D eigenvalue weighted by atomic mass is 32.2. The molecule has 0 radical (unpaired) electrons. The summed E-state index contributed by atoms with van der Waals surface area (Å²) < 4.78 is 7.20. The normalized spacial score (nSPS) is 10.7. The molecule has 0 saturated carbocycles. The zero-order chi connectivity index (χ0) is 22.5. The number of carbonyl (C=O) groups is 1. The third-order valence-corrected chi connectivity index (χ3v) is 5.89. The van der Waals surface area contributed by atoms with E-state index in [1.54, 1.807) is 19.5 Å². The van der Waals surface area contributed by atoms with Crippen LogP contribution in [0.1, 0.15) is 11.1 Å². The van der Waals surface area contributed by atoms with Gasteiger partial charge in [0.05, 0.1) is 12.9 Å². The molecule has 2 aromatic carbocycles. The van der Waals surface area contributed by atoms with Crippen LogP contribution >= 0.6 is 11.8 Å². The number of benzene rings is 2. The Morgan fingerprint density at radius 2 is 1.78 bits per heavy atom.